The summed E-state index contributed by atoms with van der Waals surface area (Å²) < 4.78 is 2.20. The number of hydrogen-bond donors (Lipinski definition) is 2. The highest BCUT2D eigenvalue weighted by atomic mass is 32.1. The van der Waals surface area contributed by atoms with Crippen molar-refractivity contribution < 1.29 is 4.79 Å². The highest BCUT2D eigenvalue weighted by molar-refractivity contribution is 7.80. The van der Waals surface area contributed by atoms with E-state index >= 15 is 0 Å². The van der Waals surface area contributed by atoms with Crippen molar-refractivity contribution in [1.29, 1.82) is 0 Å². The van der Waals surface area contributed by atoms with Crippen LogP contribution in [-0.2, 0) is 11.2 Å². The van der Waals surface area contributed by atoms with Crippen molar-refractivity contribution in [2.45, 2.75) is 38.8 Å². The van der Waals surface area contributed by atoms with Gasteiger partial charge in [0.1, 0.15) is 0 Å². The minimum Gasteiger partial charge on any atom is -0.352 e. The summed E-state index contributed by atoms with van der Waals surface area (Å²) in [7, 11) is 0. The van der Waals surface area contributed by atoms with Gasteiger partial charge >= 0.3 is 0 Å². The van der Waals surface area contributed by atoms with Crippen LogP contribution in [0.4, 0.5) is 5.69 Å². The van der Waals surface area contributed by atoms with Crippen LogP contribution in [0.2, 0.25) is 0 Å². The van der Waals surface area contributed by atoms with Gasteiger partial charge in [0.05, 0.1) is 29.7 Å². The largest absolute Gasteiger partial charge is 0.352 e. The molecule has 1 fully saturated rings. The van der Waals surface area contributed by atoms with Crippen molar-refractivity contribution in [3.05, 3.63) is 108 Å². The molecule has 1 aliphatic heterocycles. The number of anilines is 1. The highest BCUT2D eigenvalue weighted by Gasteiger charge is 2.41. The Labute approximate surface area is 222 Å². The van der Waals surface area contributed by atoms with E-state index in [0.29, 0.717) is 18.1 Å². The van der Waals surface area contributed by atoms with E-state index in [0.717, 1.165) is 40.4 Å². The van der Waals surface area contributed by atoms with Gasteiger partial charge in [-0.25, -0.2) is 0 Å². The lowest BCUT2D eigenvalue weighted by molar-refractivity contribution is -0.116. The lowest BCUT2D eigenvalue weighted by atomic mass is 10.0. The van der Waals surface area contributed by atoms with E-state index < -0.39 is 0 Å². The maximum Gasteiger partial charge on any atom is 0.226 e. The lowest BCUT2D eigenvalue weighted by Crippen LogP contribution is -2.33. The topological polar surface area (TPSA) is 75.1 Å². The molecular formula is C29H30N6OS. The van der Waals surface area contributed by atoms with Crippen LogP contribution in [0, 0.1) is 6.92 Å². The number of carbonyl (C=O) groups is 1. The Hall–Kier alpha value is -4.04. The van der Waals surface area contributed by atoms with Gasteiger partial charge in [0.25, 0.3) is 0 Å². The molecule has 0 spiro atoms. The quantitative estimate of drug-likeness (QED) is 0.320. The number of nitrogens with zero attached hydrogens (tertiary/aromatic N) is 4. The molecule has 2 atom stereocenters. The molecule has 0 bridgehead atoms. The van der Waals surface area contributed by atoms with E-state index in [-0.39, 0.29) is 18.0 Å². The fourth-order valence-corrected chi connectivity index (χ4v) is 5.31. The average Bonchev–Trinajstić information content (AvgIpc) is 3.47. The van der Waals surface area contributed by atoms with Crippen LogP contribution in [0.15, 0.2) is 85.3 Å². The monoisotopic (exact) mass is 510 g/mol. The number of rotatable bonds is 8. The smallest absolute Gasteiger partial charge is 0.226 e. The Morgan fingerprint density at radius 2 is 1.89 bits per heavy atom. The molecule has 0 radical (unpaired) electrons. The summed E-state index contributed by atoms with van der Waals surface area (Å²) in [6.07, 6.45) is 6.58. The number of thiocarbonyl (C=S) groups is 1. The summed E-state index contributed by atoms with van der Waals surface area (Å²) in [5.74, 6) is -0.0393. The molecule has 1 saturated heterocycles. The molecule has 2 N–H and O–H groups in total. The summed E-state index contributed by atoms with van der Waals surface area (Å²) >= 11 is 5.82. The molecule has 3 aromatic heterocycles. The molecule has 4 heterocycles. The Balaban J connectivity index is 1.46. The molecule has 1 aliphatic rings. The second-order valence-corrected chi connectivity index (χ2v) is 9.46. The number of para-hydroxylation sites is 1. The average molecular weight is 511 g/mol. The van der Waals surface area contributed by atoms with Crippen molar-refractivity contribution in [3.8, 4) is 5.69 Å². The van der Waals surface area contributed by atoms with E-state index in [1.54, 1.807) is 12.4 Å². The van der Waals surface area contributed by atoms with Crippen molar-refractivity contribution in [2.24, 2.45) is 0 Å². The van der Waals surface area contributed by atoms with Gasteiger partial charge in [0.15, 0.2) is 5.11 Å². The first-order valence-electron chi connectivity index (χ1n) is 12.5. The van der Waals surface area contributed by atoms with Crippen molar-refractivity contribution in [2.75, 3.05) is 11.9 Å². The van der Waals surface area contributed by atoms with E-state index in [1.807, 2.05) is 60.8 Å². The molecule has 0 unspecified atom stereocenters. The van der Waals surface area contributed by atoms with E-state index in [9.17, 15) is 4.79 Å². The third-order valence-corrected chi connectivity index (χ3v) is 7.12. The fourth-order valence-electron chi connectivity index (χ4n) is 4.98. The zero-order valence-corrected chi connectivity index (χ0v) is 21.8. The Kier molecular flexibility index (Phi) is 7.28. The molecular weight excluding hydrogens is 480 g/mol. The summed E-state index contributed by atoms with van der Waals surface area (Å²) in [5.41, 5.74) is 6.01. The number of benzene rings is 1. The molecule has 0 aliphatic carbocycles. The van der Waals surface area contributed by atoms with E-state index in [1.165, 1.54) is 0 Å². The van der Waals surface area contributed by atoms with Crippen LogP contribution < -0.4 is 10.6 Å². The molecule has 1 aromatic carbocycles. The third-order valence-electron chi connectivity index (χ3n) is 6.76. The Morgan fingerprint density at radius 1 is 1.05 bits per heavy atom. The normalized spacial score (nSPS) is 17.0. The number of hydrogen-bond acceptors (Lipinski definition) is 4. The second-order valence-electron chi connectivity index (χ2n) is 9.08. The minimum absolute atomic E-state index is 0.0393. The first-order chi connectivity index (χ1) is 18.1. The SMILES string of the molecule is CCc1ccccc1NC(=O)CCN1C(=S)N[C@@H](c2ccccn2)[C@@H]1c1ccc(C)n1-c1cccnc1. The maximum absolute atomic E-state index is 13.0. The predicted octanol–water partition coefficient (Wildman–Crippen LogP) is 5.14. The third kappa shape index (κ3) is 5.11. The molecule has 0 saturated carbocycles. The molecule has 7 nitrogen and oxygen atoms in total. The van der Waals surface area contributed by atoms with Gasteiger partial charge in [-0.1, -0.05) is 31.2 Å². The molecule has 1 amide bonds. The standard InChI is InChI=1S/C29H30N6OS/c1-3-21-9-4-5-11-23(21)32-26(36)15-18-34-28(27(33-29(34)37)24-12-6-7-17-31-24)25-14-13-20(2)35(25)22-10-8-16-30-19-22/h4-14,16-17,19,27-28H,3,15,18H2,1-2H3,(H,32,36)(H,33,37)/t27-,28-/m0/s1. The summed E-state index contributed by atoms with van der Waals surface area (Å²) in [6, 6.07) is 21.7. The van der Waals surface area contributed by atoms with Crippen LogP contribution >= 0.6 is 12.2 Å². The van der Waals surface area contributed by atoms with E-state index in [4.69, 9.17) is 12.2 Å². The van der Waals surface area contributed by atoms with Gasteiger partial charge in [0.2, 0.25) is 5.91 Å². The van der Waals surface area contributed by atoms with Crippen LogP contribution in [0.5, 0.6) is 0 Å². The van der Waals surface area contributed by atoms with Gasteiger partial charge in [-0.2, -0.15) is 0 Å². The second kappa shape index (κ2) is 10.9. The Morgan fingerprint density at radius 3 is 2.65 bits per heavy atom. The van der Waals surface area contributed by atoms with Crippen LogP contribution in [0.25, 0.3) is 5.69 Å². The predicted molar refractivity (Wildman–Crippen MR) is 150 cm³/mol. The number of carbonyl (C=O) groups excluding carboxylic acids is 1. The van der Waals surface area contributed by atoms with Crippen LogP contribution in [0.3, 0.4) is 0 Å². The number of nitrogens with one attached hydrogen (secondary N) is 2. The van der Waals surface area contributed by atoms with Gasteiger partial charge < -0.3 is 20.1 Å². The van der Waals surface area contributed by atoms with Crippen LogP contribution in [-0.4, -0.2) is 37.0 Å². The summed E-state index contributed by atoms with van der Waals surface area (Å²) in [5, 5.41) is 7.18. The van der Waals surface area contributed by atoms with E-state index in [2.05, 4.69) is 56.0 Å². The first kappa shape index (κ1) is 24.6. The van der Waals surface area contributed by atoms with Gasteiger partial charge in [-0.3, -0.25) is 14.8 Å². The van der Waals surface area contributed by atoms with Gasteiger partial charge in [-0.05, 0) is 73.6 Å². The number of amides is 1. The maximum atomic E-state index is 13.0. The van der Waals surface area contributed by atoms with Crippen LogP contribution in [0.1, 0.15) is 48.1 Å². The Bertz CT molecular complexity index is 1390. The van der Waals surface area contributed by atoms with Crippen molar-refractivity contribution >= 4 is 28.9 Å². The molecule has 188 valence electrons. The zero-order chi connectivity index (χ0) is 25.8. The minimum atomic E-state index is -0.165. The summed E-state index contributed by atoms with van der Waals surface area (Å²) in [4.78, 5) is 24.1. The van der Waals surface area contributed by atoms with Crippen molar-refractivity contribution in [3.63, 3.8) is 0 Å². The molecule has 5 rings (SSSR count). The molecule has 4 aromatic rings. The number of aryl methyl sites for hydroxylation is 2. The van der Waals surface area contributed by atoms with Gasteiger partial charge in [0, 0.05) is 42.4 Å². The highest BCUT2D eigenvalue weighted by Crippen LogP contribution is 2.40. The first-order valence-corrected chi connectivity index (χ1v) is 12.9. The van der Waals surface area contributed by atoms with Gasteiger partial charge in [-0.15, -0.1) is 0 Å². The fraction of sp³-hybridized carbons (Fsp3) is 0.241. The summed E-state index contributed by atoms with van der Waals surface area (Å²) in [6.45, 7) is 4.63. The van der Waals surface area contributed by atoms with Crippen molar-refractivity contribution in [1.82, 2.24) is 24.8 Å². The number of aromatic nitrogens is 3. The molecule has 37 heavy (non-hydrogen) atoms. The number of pyridine rings is 2. The molecule has 8 heteroatoms. The zero-order valence-electron chi connectivity index (χ0n) is 21.0. The lowest BCUT2D eigenvalue weighted by Gasteiger charge is -2.29.